The van der Waals surface area contributed by atoms with Crippen LogP contribution in [0.4, 0.5) is 0 Å². The molecular formula is C108H68N4S2. The summed E-state index contributed by atoms with van der Waals surface area (Å²) in [6.07, 6.45) is 0. The maximum absolute atomic E-state index is 2.47. The first-order valence-corrected chi connectivity index (χ1v) is 40.6. The van der Waals surface area contributed by atoms with Gasteiger partial charge in [0.2, 0.25) is 0 Å². The van der Waals surface area contributed by atoms with Crippen LogP contribution in [-0.2, 0) is 0 Å². The van der Waals surface area contributed by atoms with Crippen LogP contribution in [0.15, 0.2) is 413 Å². The van der Waals surface area contributed by atoms with Crippen LogP contribution in [0.3, 0.4) is 0 Å². The second kappa shape index (κ2) is 26.7. The molecule has 0 bridgehead atoms. The van der Waals surface area contributed by atoms with Crippen molar-refractivity contribution in [2.45, 2.75) is 0 Å². The minimum Gasteiger partial charge on any atom is -0.309 e. The zero-order valence-corrected chi connectivity index (χ0v) is 63.5. The van der Waals surface area contributed by atoms with E-state index in [9.17, 15) is 0 Å². The monoisotopic (exact) mass is 1480 g/mol. The van der Waals surface area contributed by atoms with Crippen LogP contribution < -0.4 is 0 Å². The fourth-order valence-corrected chi connectivity index (χ4v) is 20.3. The molecule has 0 aliphatic carbocycles. The number of nitrogens with zero attached hydrogens (tertiary/aromatic N) is 4. The molecule has 0 fully saturated rings. The summed E-state index contributed by atoms with van der Waals surface area (Å²) in [5.41, 5.74) is 28.9. The third-order valence-corrected chi connectivity index (χ3v) is 25.7. The molecule has 6 aromatic heterocycles. The molecule has 532 valence electrons. The molecule has 0 radical (unpaired) electrons. The number of hydrogen-bond donors (Lipinski definition) is 0. The molecule has 6 heterocycles. The zero-order chi connectivity index (χ0) is 74.9. The van der Waals surface area contributed by atoms with E-state index in [-0.39, 0.29) is 0 Å². The fourth-order valence-electron chi connectivity index (χ4n) is 18.1. The number of thiophene rings is 2. The Morgan fingerprint density at radius 3 is 0.754 bits per heavy atom. The minimum atomic E-state index is 1.16. The smallest absolute Gasteiger partial charge is 0.0555 e. The Balaban J connectivity index is 0.000000135. The number of para-hydroxylation sites is 2. The van der Waals surface area contributed by atoms with Crippen molar-refractivity contribution in [2.75, 3.05) is 0 Å². The van der Waals surface area contributed by atoms with Crippen molar-refractivity contribution in [2.24, 2.45) is 0 Å². The van der Waals surface area contributed by atoms with E-state index in [1.165, 1.54) is 194 Å². The molecule has 0 aliphatic rings. The highest BCUT2D eigenvalue weighted by atomic mass is 32.1. The number of benzene rings is 18. The molecule has 0 unspecified atom stereocenters. The molecule has 0 saturated heterocycles. The third-order valence-electron chi connectivity index (χ3n) is 23.4. The molecule has 24 aromatic rings. The molecule has 114 heavy (non-hydrogen) atoms. The summed E-state index contributed by atoms with van der Waals surface area (Å²) in [4.78, 5) is 0. The Hall–Kier alpha value is -14.4. The topological polar surface area (TPSA) is 19.7 Å². The van der Waals surface area contributed by atoms with Gasteiger partial charge in [-0.15, -0.1) is 22.7 Å². The van der Waals surface area contributed by atoms with Gasteiger partial charge < -0.3 is 18.3 Å². The molecule has 6 heteroatoms. The lowest BCUT2D eigenvalue weighted by molar-refractivity contribution is 1.18. The number of fused-ring (bicyclic) bond motifs is 18. The van der Waals surface area contributed by atoms with Gasteiger partial charge in [0, 0.05) is 106 Å². The van der Waals surface area contributed by atoms with Crippen molar-refractivity contribution in [3.05, 3.63) is 413 Å². The van der Waals surface area contributed by atoms with Crippen LogP contribution in [0.1, 0.15) is 0 Å². The summed E-state index contributed by atoms with van der Waals surface area (Å²) in [5, 5.41) is 15.3. The molecule has 0 atom stereocenters. The van der Waals surface area contributed by atoms with E-state index in [2.05, 4.69) is 431 Å². The molecule has 24 rings (SSSR count). The Bertz CT molecular complexity index is 7960. The third kappa shape index (κ3) is 10.9. The lowest BCUT2D eigenvalue weighted by Crippen LogP contribution is -1.94. The summed E-state index contributed by atoms with van der Waals surface area (Å²) >= 11 is 3.76. The lowest BCUT2D eigenvalue weighted by Gasteiger charge is -2.11. The van der Waals surface area contributed by atoms with Gasteiger partial charge in [0.15, 0.2) is 0 Å². The van der Waals surface area contributed by atoms with E-state index in [0.717, 1.165) is 22.7 Å². The van der Waals surface area contributed by atoms with E-state index in [0.29, 0.717) is 0 Å². The van der Waals surface area contributed by atoms with Crippen molar-refractivity contribution in [1.29, 1.82) is 0 Å². The van der Waals surface area contributed by atoms with Gasteiger partial charge in [0.05, 0.1) is 44.1 Å². The predicted molar refractivity (Wildman–Crippen MR) is 489 cm³/mol. The predicted octanol–water partition coefficient (Wildman–Crippen LogP) is 30.5. The van der Waals surface area contributed by atoms with Gasteiger partial charge in [-0.2, -0.15) is 0 Å². The zero-order valence-electron chi connectivity index (χ0n) is 61.9. The summed E-state index contributed by atoms with van der Waals surface area (Å²) in [6, 6.07) is 151. The Labute approximate surface area is 665 Å². The van der Waals surface area contributed by atoms with Gasteiger partial charge in [-0.1, -0.05) is 267 Å². The Kier molecular flexibility index (Phi) is 15.3. The molecule has 0 spiro atoms. The highest BCUT2D eigenvalue weighted by molar-refractivity contribution is 7.26. The van der Waals surface area contributed by atoms with Crippen molar-refractivity contribution in [3.63, 3.8) is 0 Å². The fraction of sp³-hybridized carbons (Fsp3) is 0. The van der Waals surface area contributed by atoms with Crippen LogP contribution in [-0.4, -0.2) is 18.3 Å². The number of hydrogen-bond acceptors (Lipinski definition) is 2. The molecule has 0 N–H and O–H groups in total. The SMILES string of the molecule is c1ccc(-c2cccc(-n3c4ccccc4c4cc(-c5ccc6c(c5)c5cc7c(cc5n6-c5cccc(-c6ccccc6)c5)sc5ccccc57)ccc43)c2)cc1.c1ccc(-c2cccc(-n3c4ccccc4c4cc(-c5ccc6c(c5)c5cc7sc8ccccc8c7cc5n6-c5cccc(-c6ccccc6)c5)ccc43)c2)cc1. The van der Waals surface area contributed by atoms with Crippen molar-refractivity contribution in [1.82, 2.24) is 18.3 Å². The second-order valence-electron chi connectivity index (χ2n) is 29.9. The summed E-state index contributed by atoms with van der Waals surface area (Å²) in [6.45, 7) is 0. The van der Waals surface area contributed by atoms with Crippen molar-refractivity contribution in [3.8, 4) is 89.5 Å². The van der Waals surface area contributed by atoms with Crippen LogP contribution in [0.2, 0.25) is 0 Å². The van der Waals surface area contributed by atoms with E-state index in [4.69, 9.17) is 0 Å². The molecule has 18 aromatic carbocycles. The standard InChI is InChI=1S/2C54H34N2S/c1-3-13-35(14-4-1)37-17-11-19-41(29-37)55-49-23-9-7-21-43(49)45-31-39(25-27-50(45)55)40-26-28-51-46(32-40)47-34-54-48(44-22-8-10-24-53(44)57-54)33-52(47)56(51)42-20-12-18-38(30-42)36-15-5-2-6-16-36;1-3-13-35(14-4-1)37-17-11-19-41(29-37)55-49-23-9-7-21-43(49)45-31-39(25-27-50(45)55)40-26-28-51-46(32-40)47-33-48-44-22-8-10-24-53(44)57-54(48)34-52(47)56(51)42-20-12-18-38(30-42)36-15-5-2-6-16-36/h2*1-34H. The molecule has 0 amide bonds. The van der Waals surface area contributed by atoms with Gasteiger partial charge in [-0.3, -0.25) is 0 Å². The summed E-state index contributed by atoms with van der Waals surface area (Å²) in [5.74, 6) is 0. The maximum atomic E-state index is 2.47. The average Bonchev–Trinajstić information content (AvgIpc) is 1.57. The van der Waals surface area contributed by atoms with Gasteiger partial charge in [0.25, 0.3) is 0 Å². The minimum absolute atomic E-state index is 1.16. The number of aromatic nitrogens is 4. The highest BCUT2D eigenvalue weighted by Gasteiger charge is 2.23. The lowest BCUT2D eigenvalue weighted by atomic mass is 10.00. The number of rotatable bonds is 10. The van der Waals surface area contributed by atoms with E-state index in [1.807, 2.05) is 22.7 Å². The van der Waals surface area contributed by atoms with Gasteiger partial charge in [0.1, 0.15) is 0 Å². The van der Waals surface area contributed by atoms with Crippen molar-refractivity contribution >= 4 is 150 Å². The molecule has 4 nitrogen and oxygen atoms in total. The van der Waals surface area contributed by atoms with Crippen LogP contribution in [0.25, 0.3) is 217 Å². The van der Waals surface area contributed by atoms with E-state index in [1.54, 1.807) is 0 Å². The maximum Gasteiger partial charge on any atom is 0.0555 e. The molecule has 0 aliphatic heterocycles. The summed E-state index contributed by atoms with van der Waals surface area (Å²) in [7, 11) is 0. The second-order valence-corrected chi connectivity index (χ2v) is 32.1. The first-order valence-electron chi connectivity index (χ1n) is 39.0. The molecular weight excluding hydrogens is 1420 g/mol. The largest absolute Gasteiger partial charge is 0.309 e. The quantitative estimate of drug-likeness (QED) is 0.130. The van der Waals surface area contributed by atoms with Gasteiger partial charge in [-0.25, -0.2) is 0 Å². The van der Waals surface area contributed by atoms with Crippen molar-refractivity contribution < 1.29 is 0 Å². The van der Waals surface area contributed by atoms with Gasteiger partial charge >= 0.3 is 0 Å². The normalized spacial score (nSPS) is 11.9. The first-order chi connectivity index (χ1) is 56.5. The van der Waals surface area contributed by atoms with E-state index < -0.39 is 0 Å². The van der Waals surface area contributed by atoms with Crippen LogP contribution in [0, 0.1) is 0 Å². The Morgan fingerprint density at radius 1 is 0.123 bits per heavy atom. The molecule has 0 saturated carbocycles. The highest BCUT2D eigenvalue weighted by Crippen LogP contribution is 2.47. The first kappa shape index (κ1) is 65.5. The average molecular weight is 1490 g/mol. The van der Waals surface area contributed by atoms with Gasteiger partial charge in [-0.05, 0) is 212 Å². The summed E-state index contributed by atoms with van der Waals surface area (Å²) < 4.78 is 15.0. The van der Waals surface area contributed by atoms with E-state index >= 15 is 0 Å². The van der Waals surface area contributed by atoms with Crippen LogP contribution >= 0.6 is 22.7 Å². The Morgan fingerprint density at radius 2 is 0.377 bits per heavy atom. The van der Waals surface area contributed by atoms with Crippen LogP contribution in [0.5, 0.6) is 0 Å².